The van der Waals surface area contributed by atoms with Crippen LogP contribution in [0.3, 0.4) is 0 Å². The van der Waals surface area contributed by atoms with Crippen molar-refractivity contribution >= 4 is 16.9 Å². The molecule has 3 aromatic heterocycles. The minimum Gasteiger partial charge on any atom is -0.348 e. The summed E-state index contributed by atoms with van der Waals surface area (Å²) in [7, 11) is 0. The van der Waals surface area contributed by atoms with E-state index in [0.717, 1.165) is 35.4 Å². The molecule has 0 unspecified atom stereocenters. The SMILES string of the molecule is O=C(c1cc(C(F)(F)F)ccc1F)N1CCC(N2CC(n3ccc(-c4ncnc5[nH]ccc45)c3)C2)CC1. The van der Waals surface area contributed by atoms with Gasteiger partial charge in [-0.05, 0) is 43.2 Å². The molecule has 2 fully saturated rings. The molecule has 0 aliphatic carbocycles. The fourth-order valence-corrected chi connectivity index (χ4v) is 5.33. The molecule has 0 spiro atoms. The average molecular weight is 513 g/mol. The number of hydrogen-bond acceptors (Lipinski definition) is 4. The van der Waals surface area contributed by atoms with E-state index < -0.39 is 29.0 Å². The quantitative estimate of drug-likeness (QED) is 0.401. The standard InChI is InChI=1S/C26H24F4N6O/c27-22-2-1-17(26(28,29)30)11-21(22)25(37)34-9-5-18(6-10-34)36-13-19(14-36)35-8-4-16(12-35)23-20-3-7-31-24(20)33-15-32-23/h1-4,7-8,11-12,15,18-19H,5-6,9-10,13-14H2,(H,31,32,33). The van der Waals surface area contributed by atoms with Crippen LogP contribution in [0.4, 0.5) is 17.6 Å². The number of amides is 1. The number of nitrogens with one attached hydrogen (secondary N) is 1. The van der Waals surface area contributed by atoms with Gasteiger partial charge in [-0.3, -0.25) is 9.69 Å². The van der Waals surface area contributed by atoms with Gasteiger partial charge in [0.2, 0.25) is 0 Å². The molecule has 192 valence electrons. The van der Waals surface area contributed by atoms with Crippen LogP contribution in [0.25, 0.3) is 22.3 Å². The van der Waals surface area contributed by atoms with Gasteiger partial charge in [0.15, 0.2) is 0 Å². The molecule has 1 aromatic carbocycles. The molecule has 2 saturated heterocycles. The van der Waals surface area contributed by atoms with Crippen LogP contribution in [0.2, 0.25) is 0 Å². The van der Waals surface area contributed by atoms with Gasteiger partial charge < -0.3 is 14.5 Å². The fraction of sp³-hybridized carbons (Fsp3) is 0.346. The molecule has 0 atom stereocenters. The van der Waals surface area contributed by atoms with Gasteiger partial charge in [0.25, 0.3) is 5.91 Å². The largest absolute Gasteiger partial charge is 0.416 e. The highest BCUT2D eigenvalue weighted by atomic mass is 19.4. The van der Waals surface area contributed by atoms with Crippen molar-refractivity contribution in [1.82, 2.24) is 29.3 Å². The summed E-state index contributed by atoms with van der Waals surface area (Å²) in [6.45, 7) is 2.51. The summed E-state index contributed by atoms with van der Waals surface area (Å²) in [6.07, 6.45) is 4.32. The van der Waals surface area contributed by atoms with Crippen LogP contribution < -0.4 is 0 Å². The van der Waals surface area contributed by atoms with Gasteiger partial charge in [0.05, 0.1) is 22.9 Å². The van der Waals surface area contributed by atoms with E-state index in [-0.39, 0.29) is 6.04 Å². The normalized spacial score (nSPS) is 17.9. The predicted molar refractivity (Wildman–Crippen MR) is 128 cm³/mol. The lowest BCUT2D eigenvalue weighted by molar-refractivity contribution is -0.137. The highest BCUT2D eigenvalue weighted by molar-refractivity contribution is 5.95. The Balaban J connectivity index is 1.05. The molecular weight excluding hydrogens is 488 g/mol. The van der Waals surface area contributed by atoms with E-state index in [9.17, 15) is 22.4 Å². The number of carbonyl (C=O) groups excluding carboxylic acids is 1. The Bertz CT molecular complexity index is 1450. The van der Waals surface area contributed by atoms with Crippen molar-refractivity contribution in [1.29, 1.82) is 0 Å². The Hall–Kier alpha value is -3.73. The van der Waals surface area contributed by atoms with Crippen molar-refractivity contribution in [3.63, 3.8) is 0 Å². The maximum atomic E-state index is 14.2. The van der Waals surface area contributed by atoms with Crippen LogP contribution in [-0.4, -0.2) is 67.4 Å². The van der Waals surface area contributed by atoms with Crippen molar-refractivity contribution in [2.24, 2.45) is 0 Å². The number of aromatic nitrogens is 4. The highest BCUT2D eigenvalue weighted by Crippen LogP contribution is 2.33. The van der Waals surface area contributed by atoms with Gasteiger partial charge in [0, 0.05) is 61.8 Å². The summed E-state index contributed by atoms with van der Waals surface area (Å²) >= 11 is 0. The lowest BCUT2D eigenvalue weighted by Gasteiger charge is -2.47. The summed E-state index contributed by atoms with van der Waals surface area (Å²) in [4.78, 5) is 28.4. The molecule has 37 heavy (non-hydrogen) atoms. The van der Waals surface area contributed by atoms with Crippen molar-refractivity contribution in [2.45, 2.75) is 31.1 Å². The minimum atomic E-state index is -4.63. The van der Waals surface area contributed by atoms with Crippen LogP contribution >= 0.6 is 0 Å². The molecule has 2 aliphatic heterocycles. The van der Waals surface area contributed by atoms with Crippen LogP contribution in [0, 0.1) is 5.82 Å². The number of piperidine rings is 1. The first kappa shape index (κ1) is 23.7. The Morgan fingerprint density at radius 2 is 1.81 bits per heavy atom. The van der Waals surface area contributed by atoms with Crippen LogP contribution in [0.1, 0.15) is 34.8 Å². The topological polar surface area (TPSA) is 70.1 Å². The second-order valence-electron chi connectivity index (χ2n) is 9.63. The second-order valence-corrected chi connectivity index (χ2v) is 9.63. The van der Waals surface area contributed by atoms with E-state index in [1.807, 2.05) is 12.3 Å². The highest BCUT2D eigenvalue weighted by Gasteiger charge is 2.37. The molecular formula is C26H24F4N6O. The molecule has 0 bridgehead atoms. The Morgan fingerprint density at radius 3 is 2.57 bits per heavy atom. The first-order valence-electron chi connectivity index (χ1n) is 12.1. The minimum absolute atomic E-state index is 0.281. The summed E-state index contributed by atoms with van der Waals surface area (Å²) in [6, 6.07) is 6.60. The van der Waals surface area contributed by atoms with E-state index in [4.69, 9.17) is 0 Å². The summed E-state index contributed by atoms with van der Waals surface area (Å²) in [5.74, 6) is -1.62. The molecule has 11 heteroatoms. The fourth-order valence-electron chi connectivity index (χ4n) is 5.33. The third-order valence-corrected chi connectivity index (χ3v) is 7.45. The van der Waals surface area contributed by atoms with Crippen molar-refractivity contribution in [3.8, 4) is 11.3 Å². The van der Waals surface area contributed by atoms with E-state index in [2.05, 4.69) is 42.9 Å². The Kier molecular flexibility index (Phi) is 5.74. The lowest BCUT2D eigenvalue weighted by atomic mass is 9.96. The van der Waals surface area contributed by atoms with E-state index in [1.54, 1.807) is 6.33 Å². The summed E-state index contributed by atoms with van der Waals surface area (Å²) < 4.78 is 55.4. The summed E-state index contributed by atoms with van der Waals surface area (Å²) in [5.41, 5.74) is 1.16. The van der Waals surface area contributed by atoms with Crippen molar-refractivity contribution in [2.75, 3.05) is 26.2 Å². The van der Waals surface area contributed by atoms with E-state index in [1.165, 1.54) is 4.90 Å². The molecule has 0 radical (unpaired) electrons. The number of carbonyl (C=O) groups is 1. The van der Waals surface area contributed by atoms with Gasteiger partial charge in [-0.15, -0.1) is 0 Å². The van der Waals surface area contributed by atoms with E-state index >= 15 is 0 Å². The number of hydrogen-bond donors (Lipinski definition) is 1. The zero-order valence-electron chi connectivity index (χ0n) is 19.7. The predicted octanol–water partition coefficient (Wildman–Crippen LogP) is 4.75. The van der Waals surface area contributed by atoms with Crippen LogP contribution in [-0.2, 0) is 6.18 Å². The van der Waals surface area contributed by atoms with Gasteiger partial charge in [0.1, 0.15) is 17.8 Å². The van der Waals surface area contributed by atoms with Gasteiger partial charge in [-0.25, -0.2) is 14.4 Å². The number of nitrogens with zero attached hydrogens (tertiary/aromatic N) is 5. The van der Waals surface area contributed by atoms with E-state index in [0.29, 0.717) is 50.2 Å². The maximum absolute atomic E-state index is 14.2. The van der Waals surface area contributed by atoms with Crippen molar-refractivity contribution in [3.05, 3.63) is 72.2 Å². The number of aromatic amines is 1. The summed E-state index contributed by atoms with van der Waals surface area (Å²) in [5, 5.41) is 0.974. The molecule has 7 nitrogen and oxygen atoms in total. The number of alkyl halides is 3. The monoisotopic (exact) mass is 512 g/mol. The van der Waals surface area contributed by atoms with Gasteiger partial charge in [-0.1, -0.05) is 0 Å². The average Bonchev–Trinajstić information content (AvgIpc) is 3.53. The zero-order valence-corrected chi connectivity index (χ0v) is 19.7. The Morgan fingerprint density at radius 1 is 1.03 bits per heavy atom. The number of benzene rings is 1. The molecule has 5 heterocycles. The Labute approximate surface area is 209 Å². The van der Waals surface area contributed by atoms with Crippen molar-refractivity contribution < 1.29 is 22.4 Å². The maximum Gasteiger partial charge on any atom is 0.416 e. The first-order valence-corrected chi connectivity index (χ1v) is 12.1. The number of H-pyrrole nitrogens is 1. The molecule has 2 aliphatic rings. The number of likely N-dealkylation sites (tertiary alicyclic amines) is 2. The third kappa shape index (κ3) is 4.37. The number of fused-ring (bicyclic) bond motifs is 1. The smallest absolute Gasteiger partial charge is 0.348 e. The molecule has 6 rings (SSSR count). The van der Waals surface area contributed by atoms with Gasteiger partial charge >= 0.3 is 6.18 Å². The number of rotatable bonds is 4. The second kappa shape index (κ2) is 8.98. The number of halogens is 4. The molecule has 1 amide bonds. The van der Waals surface area contributed by atoms with Crippen LogP contribution in [0.15, 0.2) is 55.2 Å². The lowest BCUT2D eigenvalue weighted by Crippen LogP contribution is -2.56. The van der Waals surface area contributed by atoms with Gasteiger partial charge in [-0.2, -0.15) is 13.2 Å². The van der Waals surface area contributed by atoms with Crippen LogP contribution in [0.5, 0.6) is 0 Å². The molecule has 4 aromatic rings. The molecule has 0 saturated carbocycles. The third-order valence-electron chi connectivity index (χ3n) is 7.45. The molecule has 1 N–H and O–H groups in total. The first-order chi connectivity index (χ1) is 17.8. The zero-order chi connectivity index (χ0) is 25.7.